The Morgan fingerprint density at radius 1 is 0.880 bits per heavy atom. The second-order valence-corrected chi connectivity index (χ2v) is 5.47. The molecule has 25 heavy (non-hydrogen) atoms. The zero-order chi connectivity index (χ0) is 17.4. The zero-order valence-corrected chi connectivity index (χ0v) is 13.3. The Bertz CT molecular complexity index is 1430. The molecule has 2 aromatic rings. The van der Waals surface area contributed by atoms with Crippen molar-refractivity contribution in [3.05, 3.63) is 70.0 Å². The number of nitrogens with zero attached hydrogens (tertiary/aromatic N) is 5. The predicted molar refractivity (Wildman–Crippen MR) is 90.3 cm³/mol. The van der Waals surface area contributed by atoms with Gasteiger partial charge in [0.05, 0.1) is 5.52 Å². The van der Waals surface area contributed by atoms with Gasteiger partial charge in [-0.05, 0) is 12.1 Å². The third-order valence-corrected chi connectivity index (χ3v) is 4.19. The molecule has 0 saturated carbocycles. The van der Waals surface area contributed by atoms with Crippen LogP contribution in [0.5, 0.6) is 0 Å². The number of aryl methyl sites for hydroxylation is 1. The smallest absolute Gasteiger partial charge is 0.206 e. The monoisotopic (exact) mass is 325 g/mol. The molecular formula is C19H11N5O. The van der Waals surface area contributed by atoms with Gasteiger partial charge in [-0.3, -0.25) is 0 Å². The van der Waals surface area contributed by atoms with E-state index in [1.807, 2.05) is 72.5 Å². The summed E-state index contributed by atoms with van der Waals surface area (Å²) in [5.74, 6) is 0. The lowest BCUT2D eigenvalue weighted by atomic mass is 10.1. The lowest BCUT2D eigenvalue weighted by Gasteiger charge is -2.09. The number of benzene rings is 2. The van der Waals surface area contributed by atoms with Crippen molar-refractivity contribution < 1.29 is 4.42 Å². The fourth-order valence-corrected chi connectivity index (χ4v) is 3.15. The van der Waals surface area contributed by atoms with Gasteiger partial charge in [0.25, 0.3) is 0 Å². The van der Waals surface area contributed by atoms with Crippen LogP contribution < -0.4 is 10.7 Å². The number of hydrogen-bond donors (Lipinski definition) is 0. The molecule has 1 heterocycles. The molecule has 1 aliphatic carbocycles. The number of rotatable bonds is 0. The third kappa shape index (κ3) is 2.09. The van der Waals surface area contributed by atoms with Gasteiger partial charge in [-0.25, -0.2) is 0 Å². The lowest BCUT2D eigenvalue weighted by molar-refractivity contribution is 0.543. The summed E-state index contributed by atoms with van der Waals surface area (Å²) in [6.45, 7) is 0. The molecule has 0 bridgehead atoms. The molecule has 0 saturated heterocycles. The minimum absolute atomic E-state index is 0.426. The first-order valence-corrected chi connectivity index (χ1v) is 7.55. The van der Waals surface area contributed by atoms with Gasteiger partial charge in [0.15, 0.2) is 11.0 Å². The maximum Gasteiger partial charge on any atom is 0.206 e. The van der Waals surface area contributed by atoms with E-state index >= 15 is 0 Å². The summed E-state index contributed by atoms with van der Waals surface area (Å²) in [6.07, 6.45) is 3.72. The van der Waals surface area contributed by atoms with Crippen LogP contribution in [-0.2, 0) is 7.05 Å². The first kappa shape index (κ1) is 14.7. The van der Waals surface area contributed by atoms with Crippen molar-refractivity contribution in [2.75, 3.05) is 0 Å². The number of hydrogen-bond acceptors (Lipinski definition) is 5. The van der Waals surface area contributed by atoms with E-state index in [1.54, 1.807) is 0 Å². The Labute approximate surface area is 141 Å². The van der Waals surface area contributed by atoms with Gasteiger partial charge < -0.3 is 8.98 Å². The van der Waals surface area contributed by atoms with Gasteiger partial charge in [0.2, 0.25) is 12.4 Å². The highest BCUT2D eigenvalue weighted by Gasteiger charge is 2.11. The van der Waals surface area contributed by atoms with Gasteiger partial charge >= 0.3 is 0 Å². The highest BCUT2D eigenvalue weighted by molar-refractivity contribution is 5.82. The summed E-state index contributed by atoms with van der Waals surface area (Å²) in [5.41, 5.74) is 1.93. The normalized spacial score (nSPS) is 12.6. The van der Waals surface area contributed by atoms with Crippen LogP contribution in [0.3, 0.4) is 0 Å². The van der Waals surface area contributed by atoms with Crippen LogP contribution in [0, 0.1) is 33.7 Å². The molecule has 118 valence electrons. The molecule has 2 aromatic carbocycles. The number of para-hydroxylation sites is 2. The first-order valence-electron chi connectivity index (χ1n) is 7.55. The summed E-state index contributed by atoms with van der Waals surface area (Å²) in [5, 5.41) is 21.3. The van der Waals surface area contributed by atoms with Crippen molar-refractivity contribution in [3.63, 3.8) is 0 Å². The Morgan fingerprint density at radius 3 is 2.20 bits per heavy atom. The molecule has 6 nitrogen and oxygen atoms in total. The van der Waals surface area contributed by atoms with E-state index in [2.05, 4.69) is 9.98 Å². The first-order chi connectivity index (χ1) is 12.3. The van der Waals surface area contributed by atoms with E-state index in [0.29, 0.717) is 32.4 Å². The minimum atomic E-state index is 0.426. The van der Waals surface area contributed by atoms with E-state index in [1.165, 1.54) is 0 Å². The summed E-state index contributed by atoms with van der Waals surface area (Å²) < 4.78 is 7.98. The van der Waals surface area contributed by atoms with Crippen LogP contribution in [0.4, 0.5) is 0 Å². The molecule has 0 atom stereocenters. The average molecular weight is 325 g/mol. The predicted octanol–water partition coefficient (Wildman–Crippen LogP) is 2.41. The lowest BCUT2D eigenvalue weighted by Crippen LogP contribution is -2.21. The molecule has 6 heteroatoms. The molecule has 0 unspecified atom stereocenters. The van der Waals surface area contributed by atoms with E-state index in [9.17, 15) is 5.26 Å². The van der Waals surface area contributed by atoms with Crippen molar-refractivity contribution in [2.24, 2.45) is 17.0 Å². The molecule has 0 fully saturated rings. The quantitative estimate of drug-likeness (QED) is 0.465. The summed E-state index contributed by atoms with van der Waals surface area (Å²) in [4.78, 5) is 8.02. The minimum Gasteiger partial charge on any atom is -0.451 e. The highest BCUT2D eigenvalue weighted by atomic mass is 16.3. The van der Waals surface area contributed by atoms with Crippen molar-refractivity contribution in [2.45, 2.75) is 0 Å². The highest BCUT2D eigenvalue weighted by Crippen LogP contribution is 2.15. The van der Waals surface area contributed by atoms with Gasteiger partial charge in [-0.2, -0.15) is 20.5 Å². The molecule has 4 rings (SSSR count). The zero-order valence-electron chi connectivity index (χ0n) is 13.3. The average Bonchev–Trinajstić information content (AvgIpc) is 2.64. The molecule has 0 radical (unpaired) electrons. The summed E-state index contributed by atoms with van der Waals surface area (Å²) in [6, 6.07) is 15.0. The van der Waals surface area contributed by atoms with Gasteiger partial charge in [-0.15, -0.1) is 0 Å². The van der Waals surface area contributed by atoms with Crippen LogP contribution >= 0.6 is 0 Å². The van der Waals surface area contributed by atoms with E-state index < -0.39 is 0 Å². The number of aromatic nitrogens is 1. The standard InChI is InChI=1S/C19H11N5O/c1-24-14-8-4-5-9-15(14)25-19-17(23-11-21)13-7-3-2-6-12(13)16(18(19)24)22-10-20/h2-9H,1H3. The Balaban J connectivity index is 2.56. The maximum absolute atomic E-state index is 9.18. The van der Waals surface area contributed by atoms with Gasteiger partial charge in [0, 0.05) is 17.8 Å². The SMILES string of the molecule is Cn1c2c(=NC#N)c3ccccc3c(=NC#N)c=2oc2ccccc21. The molecular weight excluding hydrogens is 314 g/mol. The van der Waals surface area contributed by atoms with E-state index in [-0.39, 0.29) is 0 Å². The Hall–Kier alpha value is -3.90. The van der Waals surface area contributed by atoms with Crippen LogP contribution in [0.15, 0.2) is 62.9 Å². The largest absolute Gasteiger partial charge is 0.451 e. The van der Waals surface area contributed by atoms with Crippen LogP contribution in [-0.4, -0.2) is 4.57 Å². The summed E-state index contributed by atoms with van der Waals surface area (Å²) >= 11 is 0. The molecule has 2 aliphatic rings. The molecule has 0 amide bonds. The van der Waals surface area contributed by atoms with Crippen molar-refractivity contribution in [1.29, 1.82) is 10.5 Å². The Kier molecular flexibility index (Phi) is 3.30. The molecule has 0 spiro atoms. The van der Waals surface area contributed by atoms with Crippen LogP contribution in [0.1, 0.15) is 0 Å². The van der Waals surface area contributed by atoms with E-state index in [0.717, 1.165) is 10.9 Å². The van der Waals surface area contributed by atoms with Gasteiger partial charge in [-0.1, -0.05) is 36.4 Å². The molecule has 0 aromatic heterocycles. The van der Waals surface area contributed by atoms with Crippen LogP contribution in [0.25, 0.3) is 21.9 Å². The fourth-order valence-electron chi connectivity index (χ4n) is 3.15. The number of nitriles is 2. The fraction of sp³-hybridized carbons (Fsp3) is 0.0526. The number of fused-ring (bicyclic) bond motifs is 2. The van der Waals surface area contributed by atoms with E-state index in [4.69, 9.17) is 9.68 Å². The second kappa shape index (κ2) is 5.63. The second-order valence-electron chi connectivity index (χ2n) is 5.47. The van der Waals surface area contributed by atoms with Crippen LogP contribution in [0.2, 0.25) is 0 Å². The van der Waals surface area contributed by atoms with Crippen molar-refractivity contribution in [1.82, 2.24) is 4.57 Å². The van der Waals surface area contributed by atoms with Crippen molar-refractivity contribution >= 4 is 21.9 Å². The topological polar surface area (TPSA) is 90.4 Å². The van der Waals surface area contributed by atoms with Gasteiger partial charge in [0.1, 0.15) is 16.1 Å². The molecule has 0 N–H and O–H groups in total. The summed E-state index contributed by atoms with van der Waals surface area (Å²) in [7, 11) is 1.88. The third-order valence-electron chi connectivity index (χ3n) is 4.19. The van der Waals surface area contributed by atoms with Crippen molar-refractivity contribution in [3.8, 4) is 12.4 Å². The maximum atomic E-state index is 9.18. The molecule has 1 aliphatic heterocycles. The Morgan fingerprint density at radius 2 is 1.48 bits per heavy atom.